The number of carbonyl (C=O) groups excluding carboxylic acids is 1. The monoisotopic (exact) mass is 370 g/mol. The van der Waals surface area contributed by atoms with E-state index in [1.54, 1.807) is 12.1 Å². The van der Waals surface area contributed by atoms with Gasteiger partial charge in [-0.2, -0.15) is 13.2 Å². The Labute approximate surface area is 151 Å². The van der Waals surface area contributed by atoms with Gasteiger partial charge in [0.05, 0.1) is 12.1 Å². The van der Waals surface area contributed by atoms with Gasteiger partial charge in [-0.1, -0.05) is 25.0 Å². The molecule has 4 nitrogen and oxygen atoms in total. The number of fused-ring (bicyclic) bond motifs is 1. The van der Waals surface area contributed by atoms with E-state index in [9.17, 15) is 18.0 Å². The molecule has 2 N–H and O–H groups in total. The predicted molar refractivity (Wildman–Crippen MR) is 91.8 cm³/mol. The molecule has 26 heavy (non-hydrogen) atoms. The molecule has 1 aromatic rings. The normalized spacial score (nSPS) is 26.8. The number of alkyl halides is 3. The third kappa shape index (κ3) is 4.90. The Balaban J connectivity index is 1.51. The first-order valence-corrected chi connectivity index (χ1v) is 9.18. The molecule has 4 atom stereocenters. The molecule has 0 radical (unpaired) electrons. The Hall–Kier alpha value is -1.76. The van der Waals surface area contributed by atoms with Crippen LogP contribution in [0.25, 0.3) is 0 Å². The molecular weight excluding hydrogens is 345 g/mol. The van der Waals surface area contributed by atoms with E-state index in [2.05, 4.69) is 10.6 Å². The van der Waals surface area contributed by atoms with Crippen molar-refractivity contribution in [2.45, 2.75) is 63.3 Å². The highest BCUT2D eigenvalue weighted by atomic mass is 19.4. The van der Waals surface area contributed by atoms with Crippen LogP contribution in [-0.4, -0.2) is 30.8 Å². The summed E-state index contributed by atoms with van der Waals surface area (Å²) in [5.41, 5.74) is 0.827. The van der Waals surface area contributed by atoms with Crippen molar-refractivity contribution in [1.82, 2.24) is 10.6 Å². The Morgan fingerprint density at radius 2 is 1.96 bits per heavy atom. The molecule has 1 saturated heterocycles. The van der Waals surface area contributed by atoms with Crippen LogP contribution in [0.3, 0.4) is 0 Å². The van der Waals surface area contributed by atoms with Gasteiger partial charge in [0, 0.05) is 6.04 Å². The summed E-state index contributed by atoms with van der Waals surface area (Å²) in [6.45, 7) is 0.555. The number of hydrogen-bond acceptors (Lipinski definition) is 3. The lowest BCUT2D eigenvalue weighted by Gasteiger charge is -2.24. The predicted octanol–water partition coefficient (Wildman–Crippen LogP) is 3.73. The molecule has 1 aliphatic carbocycles. The Kier molecular flexibility index (Phi) is 5.75. The van der Waals surface area contributed by atoms with Crippen LogP contribution in [0.4, 0.5) is 13.2 Å². The zero-order valence-electron chi connectivity index (χ0n) is 14.8. The number of rotatable bonds is 5. The summed E-state index contributed by atoms with van der Waals surface area (Å²) in [5.74, 6) is 0.746. The van der Waals surface area contributed by atoms with E-state index >= 15 is 0 Å². The lowest BCUT2D eigenvalue weighted by molar-refractivity contribution is -0.153. The highest BCUT2D eigenvalue weighted by Crippen LogP contribution is 2.33. The fraction of sp³-hybridized carbons (Fsp3) is 0.632. The van der Waals surface area contributed by atoms with Crippen molar-refractivity contribution >= 4 is 5.91 Å². The maximum Gasteiger partial charge on any atom is 0.422 e. The minimum Gasteiger partial charge on any atom is -0.484 e. The summed E-state index contributed by atoms with van der Waals surface area (Å²) in [5, 5.41) is 6.45. The summed E-state index contributed by atoms with van der Waals surface area (Å²) in [4.78, 5) is 12.5. The third-order valence-corrected chi connectivity index (χ3v) is 5.32. The summed E-state index contributed by atoms with van der Waals surface area (Å²) < 4.78 is 41.2. The molecule has 1 heterocycles. The first-order valence-electron chi connectivity index (χ1n) is 9.18. The molecule has 2 fully saturated rings. The average molecular weight is 370 g/mol. The first kappa shape index (κ1) is 19.0. The quantitative estimate of drug-likeness (QED) is 0.831. The van der Waals surface area contributed by atoms with Gasteiger partial charge >= 0.3 is 6.18 Å². The summed E-state index contributed by atoms with van der Waals surface area (Å²) in [7, 11) is 0. The molecule has 0 spiro atoms. The highest BCUT2D eigenvalue weighted by molar-refractivity contribution is 5.82. The van der Waals surface area contributed by atoms with Gasteiger partial charge in [-0.3, -0.25) is 4.79 Å². The van der Waals surface area contributed by atoms with Gasteiger partial charge in [0.15, 0.2) is 6.61 Å². The molecule has 144 valence electrons. The van der Waals surface area contributed by atoms with Crippen molar-refractivity contribution in [3.63, 3.8) is 0 Å². The van der Waals surface area contributed by atoms with Crippen LogP contribution in [-0.2, 0) is 4.79 Å². The summed E-state index contributed by atoms with van der Waals surface area (Å²) in [6, 6.07) is 6.43. The zero-order chi connectivity index (χ0) is 18.7. The molecule has 1 amide bonds. The van der Waals surface area contributed by atoms with Gasteiger partial charge in [-0.15, -0.1) is 0 Å². The van der Waals surface area contributed by atoms with Crippen molar-refractivity contribution < 1.29 is 22.7 Å². The molecular formula is C19H25F3N2O2. The lowest BCUT2D eigenvalue weighted by Crippen LogP contribution is -2.43. The third-order valence-electron chi connectivity index (χ3n) is 5.32. The van der Waals surface area contributed by atoms with Gasteiger partial charge < -0.3 is 15.4 Å². The van der Waals surface area contributed by atoms with E-state index in [0.29, 0.717) is 12.0 Å². The number of nitrogens with one attached hydrogen (secondary N) is 2. The standard InChI is InChI=1S/C19H25F3N2O2/c1-12(13-6-8-15(9-7-13)26-11-19(20,21)22)23-18(25)17-10-14-4-2-3-5-16(14)24-17/h6-9,12,14,16-17,24H,2-5,10-11H2,1H3,(H,23,25). The molecule has 0 aromatic heterocycles. The SMILES string of the molecule is CC(NC(=O)C1CC2CCCCC2N1)c1ccc(OCC(F)(F)F)cc1. The van der Waals surface area contributed by atoms with E-state index in [4.69, 9.17) is 4.74 Å². The van der Waals surface area contributed by atoms with Crippen molar-refractivity contribution in [3.05, 3.63) is 29.8 Å². The minimum absolute atomic E-state index is 0.00991. The molecule has 1 aliphatic heterocycles. The van der Waals surface area contributed by atoms with Gasteiger partial charge in [0.2, 0.25) is 5.91 Å². The van der Waals surface area contributed by atoms with Gasteiger partial charge in [0.25, 0.3) is 0 Å². The number of ether oxygens (including phenoxy) is 1. The average Bonchev–Trinajstić information content (AvgIpc) is 3.04. The van der Waals surface area contributed by atoms with E-state index in [1.165, 1.54) is 31.4 Å². The fourth-order valence-corrected chi connectivity index (χ4v) is 3.94. The molecule has 4 unspecified atom stereocenters. The molecule has 7 heteroatoms. The van der Waals surface area contributed by atoms with Crippen molar-refractivity contribution in [2.24, 2.45) is 5.92 Å². The number of carbonyl (C=O) groups is 1. The Morgan fingerprint density at radius 1 is 1.27 bits per heavy atom. The van der Waals surface area contributed by atoms with E-state index in [-0.39, 0.29) is 23.7 Å². The maximum atomic E-state index is 12.5. The van der Waals surface area contributed by atoms with Crippen LogP contribution in [0, 0.1) is 5.92 Å². The smallest absolute Gasteiger partial charge is 0.422 e. The van der Waals surface area contributed by atoms with Crippen LogP contribution in [0.15, 0.2) is 24.3 Å². The Bertz CT molecular complexity index is 604. The van der Waals surface area contributed by atoms with E-state index in [0.717, 1.165) is 18.4 Å². The van der Waals surface area contributed by atoms with Crippen molar-refractivity contribution in [3.8, 4) is 5.75 Å². The number of hydrogen-bond donors (Lipinski definition) is 2. The van der Waals surface area contributed by atoms with Crippen LogP contribution >= 0.6 is 0 Å². The number of amides is 1. The second kappa shape index (κ2) is 7.86. The fourth-order valence-electron chi connectivity index (χ4n) is 3.94. The minimum atomic E-state index is -4.36. The van der Waals surface area contributed by atoms with Gasteiger partial charge in [-0.25, -0.2) is 0 Å². The van der Waals surface area contributed by atoms with E-state index < -0.39 is 12.8 Å². The topological polar surface area (TPSA) is 50.4 Å². The van der Waals surface area contributed by atoms with Gasteiger partial charge in [0.1, 0.15) is 5.75 Å². The van der Waals surface area contributed by atoms with Crippen LogP contribution in [0.2, 0.25) is 0 Å². The highest BCUT2D eigenvalue weighted by Gasteiger charge is 2.38. The van der Waals surface area contributed by atoms with E-state index in [1.807, 2.05) is 6.92 Å². The van der Waals surface area contributed by atoms with Crippen LogP contribution in [0.5, 0.6) is 5.75 Å². The largest absolute Gasteiger partial charge is 0.484 e. The molecule has 3 rings (SSSR count). The van der Waals surface area contributed by atoms with Gasteiger partial charge in [-0.05, 0) is 49.8 Å². The molecule has 1 saturated carbocycles. The molecule has 2 aliphatic rings. The second-order valence-corrected chi connectivity index (χ2v) is 7.31. The molecule has 1 aromatic carbocycles. The van der Waals surface area contributed by atoms with Crippen molar-refractivity contribution in [2.75, 3.05) is 6.61 Å². The van der Waals surface area contributed by atoms with Crippen LogP contribution < -0.4 is 15.4 Å². The maximum absolute atomic E-state index is 12.5. The number of benzene rings is 1. The van der Waals surface area contributed by atoms with Crippen LogP contribution in [0.1, 0.15) is 50.6 Å². The lowest BCUT2D eigenvalue weighted by atomic mass is 9.85. The zero-order valence-corrected chi connectivity index (χ0v) is 14.8. The molecule has 0 bridgehead atoms. The Morgan fingerprint density at radius 3 is 2.62 bits per heavy atom. The second-order valence-electron chi connectivity index (χ2n) is 7.31. The summed E-state index contributed by atoms with van der Waals surface area (Å²) in [6.07, 6.45) is 1.33. The number of halogens is 3. The van der Waals surface area contributed by atoms with Crippen molar-refractivity contribution in [1.29, 1.82) is 0 Å². The first-order chi connectivity index (χ1) is 12.3. The summed E-state index contributed by atoms with van der Waals surface area (Å²) >= 11 is 0.